The van der Waals surface area contributed by atoms with Gasteiger partial charge in [-0.25, -0.2) is 9.98 Å². The highest BCUT2D eigenvalue weighted by Crippen LogP contribution is 2.35. The number of thiazole rings is 1. The first-order valence-corrected chi connectivity index (χ1v) is 9.52. The summed E-state index contributed by atoms with van der Waals surface area (Å²) in [5.41, 5.74) is 7.11. The summed E-state index contributed by atoms with van der Waals surface area (Å²) in [7, 11) is 4.82. The van der Waals surface area contributed by atoms with Gasteiger partial charge < -0.3 is 29.7 Å². The zero-order valence-corrected chi connectivity index (χ0v) is 16.7. The van der Waals surface area contributed by atoms with Crippen LogP contribution in [0.3, 0.4) is 0 Å². The van der Waals surface area contributed by atoms with E-state index in [1.165, 1.54) is 0 Å². The first kappa shape index (κ1) is 19.1. The summed E-state index contributed by atoms with van der Waals surface area (Å²) < 4.78 is 16.1. The Bertz CT molecular complexity index is 774. The van der Waals surface area contributed by atoms with Gasteiger partial charge in [0.05, 0.1) is 27.9 Å². The van der Waals surface area contributed by atoms with Crippen molar-refractivity contribution in [3.05, 3.63) is 29.3 Å². The fourth-order valence-corrected chi connectivity index (χ4v) is 3.68. The van der Waals surface area contributed by atoms with Crippen molar-refractivity contribution in [2.45, 2.75) is 6.54 Å². The third-order valence-electron chi connectivity index (χ3n) is 4.49. The lowest BCUT2D eigenvalue weighted by atomic mass is 10.1. The van der Waals surface area contributed by atoms with E-state index in [1.54, 1.807) is 38.7 Å². The molecule has 2 aromatic rings. The van der Waals surface area contributed by atoms with Gasteiger partial charge in [-0.2, -0.15) is 0 Å². The lowest BCUT2D eigenvalue weighted by Crippen LogP contribution is -2.51. The normalized spacial score (nSPS) is 15.0. The molecule has 2 N–H and O–H groups in total. The first-order chi connectivity index (χ1) is 13.2. The molecular weight excluding hydrogens is 366 g/mol. The van der Waals surface area contributed by atoms with E-state index in [2.05, 4.69) is 19.8 Å². The van der Waals surface area contributed by atoms with Gasteiger partial charge in [-0.1, -0.05) is 0 Å². The summed E-state index contributed by atoms with van der Waals surface area (Å²) in [6.07, 6.45) is 1.83. The van der Waals surface area contributed by atoms with Gasteiger partial charge in [-0.3, -0.25) is 0 Å². The van der Waals surface area contributed by atoms with Crippen LogP contribution in [0.15, 0.2) is 28.7 Å². The second kappa shape index (κ2) is 8.81. The first-order valence-electron chi connectivity index (χ1n) is 8.64. The van der Waals surface area contributed by atoms with Crippen molar-refractivity contribution in [1.82, 2.24) is 9.88 Å². The minimum Gasteiger partial charge on any atom is -0.496 e. The average Bonchev–Trinajstić information content (AvgIpc) is 3.26. The second-order valence-electron chi connectivity index (χ2n) is 5.98. The summed E-state index contributed by atoms with van der Waals surface area (Å²) in [6, 6.07) is 3.67. The molecule has 0 bridgehead atoms. The van der Waals surface area contributed by atoms with Crippen LogP contribution >= 0.6 is 11.3 Å². The molecule has 1 aliphatic rings. The fourth-order valence-electron chi connectivity index (χ4n) is 2.98. The molecule has 8 nitrogen and oxygen atoms in total. The van der Waals surface area contributed by atoms with Crippen LogP contribution in [-0.4, -0.2) is 63.4 Å². The number of anilines is 1. The standard InChI is InChI=1S/C18H25N5O3S/c1-24-14-11-16(26-3)15(25-2)10-13(14)12-21-17(19)22-5-7-23(8-6-22)18-20-4-9-27-18/h4,9-11H,5-8,12H2,1-3H3,(H2,19,21). The molecule has 0 saturated carbocycles. The van der Waals surface area contributed by atoms with Crippen molar-refractivity contribution in [3.63, 3.8) is 0 Å². The minimum atomic E-state index is 0.405. The van der Waals surface area contributed by atoms with Gasteiger partial charge in [0.2, 0.25) is 0 Å². The van der Waals surface area contributed by atoms with Crippen molar-refractivity contribution in [2.75, 3.05) is 52.4 Å². The lowest BCUT2D eigenvalue weighted by molar-refractivity contribution is 0.347. The van der Waals surface area contributed by atoms with Gasteiger partial charge in [0.1, 0.15) is 5.75 Å². The van der Waals surface area contributed by atoms with Crippen LogP contribution < -0.4 is 24.8 Å². The van der Waals surface area contributed by atoms with Crippen molar-refractivity contribution < 1.29 is 14.2 Å². The van der Waals surface area contributed by atoms with Gasteiger partial charge in [-0.15, -0.1) is 11.3 Å². The fraction of sp³-hybridized carbons (Fsp3) is 0.444. The van der Waals surface area contributed by atoms with Crippen LogP contribution in [0.4, 0.5) is 5.13 Å². The van der Waals surface area contributed by atoms with Crippen molar-refractivity contribution in [2.24, 2.45) is 10.7 Å². The minimum absolute atomic E-state index is 0.405. The molecule has 0 atom stereocenters. The number of piperazine rings is 1. The molecular formula is C18H25N5O3S. The van der Waals surface area contributed by atoms with Crippen molar-refractivity contribution in [3.8, 4) is 17.2 Å². The molecule has 0 radical (unpaired) electrons. The number of hydrogen-bond acceptors (Lipinski definition) is 7. The van der Waals surface area contributed by atoms with Gasteiger partial charge in [0, 0.05) is 49.4 Å². The number of hydrogen-bond donors (Lipinski definition) is 1. The quantitative estimate of drug-likeness (QED) is 0.594. The van der Waals surface area contributed by atoms with E-state index in [4.69, 9.17) is 19.9 Å². The number of guanidine groups is 1. The molecule has 146 valence electrons. The largest absolute Gasteiger partial charge is 0.496 e. The summed E-state index contributed by atoms with van der Waals surface area (Å²) in [4.78, 5) is 13.3. The maximum absolute atomic E-state index is 6.23. The summed E-state index contributed by atoms with van der Waals surface area (Å²) in [5.74, 6) is 2.48. The molecule has 9 heteroatoms. The van der Waals surface area contributed by atoms with Crippen molar-refractivity contribution in [1.29, 1.82) is 0 Å². The van der Waals surface area contributed by atoms with E-state index < -0.39 is 0 Å². The number of nitrogens with two attached hydrogens (primary N) is 1. The Morgan fingerprint density at radius 3 is 2.33 bits per heavy atom. The van der Waals surface area contributed by atoms with Gasteiger partial charge >= 0.3 is 0 Å². The van der Waals surface area contributed by atoms with Gasteiger partial charge in [0.25, 0.3) is 0 Å². The van der Waals surface area contributed by atoms with E-state index in [1.807, 2.05) is 17.6 Å². The third kappa shape index (κ3) is 4.36. The number of aromatic nitrogens is 1. The molecule has 1 fully saturated rings. The maximum atomic E-state index is 6.23. The Kier molecular flexibility index (Phi) is 6.23. The highest BCUT2D eigenvalue weighted by atomic mass is 32.1. The van der Waals surface area contributed by atoms with Crippen LogP contribution in [0.1, 0.15) is 5.56 Å². The number of ether oxygens (including phenoxy) is 3. The molecule has 1 aromatic heterocycles. The van der Waals surface area contributed by atoms with Crippen LogP contribution in [0.5, 0.6) is 17.2 Å². The summed E-state index contributed by atoms with van der Waals surface area (Å²) in [5, 5.41) is 3.05. The molecule has 1 aromatic carbocycles. The number of aliphatic imine (C=N–C) groups is 1. The van der Waals surface area contributed by atoms with Crippen LogP contribution in [0.2, 0.25) is 0 Å². The molecule has 3 rings (SSSR count). The smallest absolute Gasteiger partial charge is 0.191 e. The summed E-state index contributed by atoms with van der Waals surface area (Å²) >= 11 is 1.66. The Balaban J connectivity index is 1.65. The maximum Gasteiger partial charge on any atom is 0.191 e. The Morgan fingerprint density at radius 1 is 1.07 bits per heavy atom. The molecule has 1 aliphatic heterocycles. The van der Waals surface area contributed by atoms with Crippen molar-refractivity contribution >= 4 is 22.4 Å². The van der Waals surface area contributed by atoms with Crippen LogP contribution in [0.25, 0.3) is 0 Å². The average molecular weight is 391 g/mol. The molecule has 0 unspecified atom stereocenters. The number of benzene rings is 1. The molecule has 27 heavy (non-hydrogen) atoms. The monoisotopic (exact) mass is 391 g/mol. The number of nitrogens with zero attached hydrogens (tertiary/aromatic N) is 4. The second-order valence-corrected chi connectivity index (χ2v) is 6.86. The zero-order valence-electron chi connectivity index (χ0n) is 15.8. The SMILES string of the molecule is COc1cc(OC)c(OC)cc1CN=C(N)N1CCN(c2nccs2)CC1. The highest BCUT2D eigenvalue weighted by Gasteiger charge is 2.20. The molecule has 2 heterocycles. The number of methoxy groups -OCH3 is 3. The van der Waals surface area contributed by atoms with E-state index in [0.717, 1.165) is 36.9 Å². The predicted molar refractivity (Wildman–Crippen MR) is 107 cm³/mol. The highest BCUT2D eigenvalue weighted by molar-refractivity contribution is 7.13. The van der Waals surface area contributed by atoms with E-state index in [0.29, 0.717) is 29.8 Å². The lowest BCUT2D eigenvalue weighted by Gasteiger charge is -2.35. The molecule has 0 spiro atoms. The van der Waals surface area contributed by atoms with E-state index >= 15 is 0 Å². The Labute approximate surface area is 163 Å². The van der Waals surface area contributed by atoms with Crippen LogP contribution in [-0.2, 0) is 6.54 Å². The Hall–Kier alpha value is -2.68. The van der Waals surface area contributed by atoms with Gasteiger partial charge in [0.15, 0.2) is 22.6 Å². The topological polar surface area (TPSA) is 85.4 Å². The third-order valence-corrected chi connectivity index (χ3v) is 5.32. The molecule has 1 saturated heterocycles. The molecule has 0 aliphatic carbocycles. The predicted octanol–water partition coefficient (Wildman–Crippen LogP) is 1.81. The van der Waals surface area contributed by atoms with Crippen LogP contribution in [0, 0.1) is 0 Å². The van der Waals surface area contributed by atoms with E-state index in [9.17, 15) is 0 Å². The molecule has 0 amide bonds. The van der Waals surface area contributed by atoms with Gasteiger partial charge in [-0.05, 0) is 6.07 Å². The zero-order chi connectivity index (χ0) is 19.2. The van der Waals surface area contributed by atoms with E-state index in [-0.39, 0.29) is 0 Å². The summed E-state index contributed by atoms with van der Waals surface area (Å²) in [6.45, 7) is 3.80. The number of rotatable bonds is 6. The Morgan fingerprint density at radius 2 is 1.74 bits per heavy atom.